The molecule has 16 heavy (non-hydrogen) atoms. The largest absolute Gasteiger partial charge is 0.396 e. The lowest BCUT2D eigenvalue weighted by atomic mass is 10.1. The molecule has 0 aromatic carbocycles. The highest BCUT2D eigenvalue weighted by Crippen LogP contribution is 2.32. The Morgan fingerprint density at radius 1 is 1.62 bits per heavy atom. The van der Waals surface area contributed by atoms with Gasteiger partial charge in [-0.3, -0.25) is 9.78 Å². The third-order valence-electron chi connectivity index (χ3n) is 2.69. The SMILES string of the molecule is CC1C(=O)NCCN1c1c(N)cncc1Br. The van der Waals surface area contributed by atoms with Crippen LogP contribution in [0.4, 0.5) is 11.4 Å². The number of carbonyl (C=O) groups is 1. The first-order chi connectivity index (χ1) is 7.61. The van der Waals surface area contributed by atoms with Crippen molar-refractivity contribution in [2.75, 3.05) is 23.7 Å². The Labute approximate surface area is 102 Å². The van der Waals surface area contributed by atoms with E-state index in [2.05, 4.69) is 26.2 Å². The van der Waals surface area contributed by atoms with Crippen LogP contribution in [0.25, 0.3) is 0 Å². The van der Waals surface area contributed by atoms with Gasteiger partial charge in [-0.25, -0.2) is 0 Å². The summed E-state index contributed by atoms with van der Waals surface area (Å²) in [6.45, 7) is 3.25. The average molecular weight is 285 g/mol. The molecule has 1 aromatic heterocycles. The van der Waals surface area contributed by atoms with E-state index in [9.17, 15) is 4.79 Å². The molecule has 0 bridgehead atoms. The molecule has 1 fully saturated rings. The summed E-state index contributed by atoms with van der Waals surface area (Å²) in [6, 6.07) is -0.213. The fraction of sp³-hybridized carbons (Fsp3) is 0.400. The molecule has 5 nitrogen and oxygen atoms in total. The zero-order chi connectivity index (χ0) is 11.7. The Balaban J connectivity index is 2.39. The highest BCUT2D eigenvalue weighted by molar-refractivity contribution is 9.10. The Hall–Kier alpha value is -1.30. The molecule has 1 saturated heterocycles. The molecular weight excluding hydrogens is 272 g/mol. The Kier molecular flexibility index (Phi) is 3.00. The second-order valence-electron chi connectivity index (χ2n) is 3.72. The van der Waals surface area contributed by atoms with Crippen molar-refractivity contribution >= 4 is 33.2 Å². The number of nitrogens with zero attached hydrogens (tertiary/aromatic N) is 2. The predicted octanol–water partition coefficient (Wildman–Crippen LogP) is 0.751. The molecule has 86 valence electrons. The monoisotopic (exact) mass is 284 g/mol. The number of amides is 1. The number of halogens is 1. The van der Waals surface area contributed by atoms with E-state index in [0.29, 0.717) is 12.2 Å². The first-order valence-electron chi connectivity index (χ1n) is 5.04. The van der Waals surface area contributed by atoms with Gasteiger partial charge in [-0.15, -0.1) is 0 Å². The molecule has 1 atom stereocenters. The van der Waals surface area contributed by atoms with Crippen LogP contribution in [0.5, 0.6) is 0 Å². The summed E-state index contributed by atoms with van der Waals surface area (Å²) < 4.78 is 0.814. The van der Waals surface area contributed by atoms with E-state index in [4.69, 9.17) is 5.73 Å². The Morgan fingerprint density at radius 3 is 3.06 bits per heavy atom. The van der Waals surface area contributed by atoms with Gasteiger partial charge in [0.15, 0.2) is 0 Å². The fourth-order valence-electron chi connectivity index (χ4n) is 1.83. The van der Waals surface area contributed by atoms with Crippen LogP contribution >= 0.6 is 15.9 Å². The predicted molar refractivity (Wildman–Crippen MR) is 66.2 cm³/mol. The minimum Gasteiger partial charge on any atom is -0.396 e. The number of rotatable bonds is 1. The fourth-order valence-corrected chi connectivity index (χ4v) is 2.41. The van der Waals surface area contributed by atoms with Crippen molar-refractivity contribution in [2.45, 2.75) is 13.0 Å². The Morgan fingerprint density at radius 2 is 2.38 bits per heavy atom. The van der Waals surface area contributed by atoms with Gasteiger partial charge < -0.3 is 16.0 Å². The summed E-state index contributed by atoms with van der Waals surface area (Å²) in [7, 11) is 0. The molecule has 1 aliphatic heterocycles. The first-order valence-corrected chi connectivity index (χ1v) is 5.84. The lowest BCUT2D eigenvalue weighted by Crippen LogP contribution is -2.54. The van der Waals surface area contributed by atoms with Crippen molar-refractivity contribution in [3.8, 4) is 0 Å². The number of hydrogen-bond donors (Lipinski definition) is 2. The quantitative estimate of drug-likeness (QED) is 0.799. The molecule has 1 amide bonds. The van der Waals surface area contributed by atoms with E-state index in [1.165, 1.54) is 0 Å². The van der Waals surface area contributed by atoms with E-state index in [1.54, 1.807) is 12.4 Å². The van der Waals surface area contributed by atoms with Crippen LogP contribution in [-0.4, -0.2) is 30.0 Å². The van der Waals surface area contributed by atoms with Crippen LogP contribution in [-0.2, 0) is 4.79 Å². The highest BCUT2D eigenvalue weighted by Gasteiger charge is 2.28. The molecule has 6 heteroatoms. The first kappa shape index (κ1) is 11.2. The topological polar surface area (TPSA) is 71.2 Å². The molecule has 0 aliphatic carbocycles. The molecule has 2 heterocycles. The van der Waals surface area contributed by atoms with E-state index in [0.717, 1.165) is 16.7 Å². The van der Waals surface area contributed by atoms with Crippen molar-refractivity contribution < 1.29 is 4.79 Å². The number of nitrogens with two attached hydrogens (primary N) is 1. The minimum atomic E-state index is -0.213. The molecule has 1 unspecified atom stereocenters. The normalized spacial score (nSPS) is 20.8. The number of nitrogens with one attached hydrogen (secondary N) is 1. The van der Waals surface area contributed by atoms with Gasteiger partial charge in [0.25, 0.3) is 0 Å². The summed E-state index contributed by atoms with van der Waals surface area (Å²) in [5, 5.41) is 2.82. The third-order valence-corrected chi connectivity index (χ3v) is 3.27. The van der Waals surface area contributed by atoms with Gasteiger partial charge in [-0.1, -0.05) is 0 Å². The van der Waals surface area contributed by atoms with Gasteiger partial charge in [0, 0.05) is 19.3 Å². The number of hydrogen-bond acceptors (Lipinski definition) is 4. The van der Waals surface area contributed by atoms with E-state index in [1.807, 2.05) is 11.8 Å². The zero-order valence-electron chi connectivity index (χ0n) is 8.90. The summed E-state index contributed by atoms with van der Waals surface area (Å²) >= 11 is 3.41. The van der Waals surface area contributed by atoms with Crippen molar-refractivity contribution in [2.24, 2.45) is 0 Å². The lowest BCUT2D eigenvalue weighted by molar-refractivity contribution is -0.122. The standard InChI is InChI=1S/C10H13BrN4O/c1-6-10(16)14-2-3-15(6)9-7(11)4-13-5-8(9)12/h4-6H,2-3,12H2,1H3,(H,14,16). The molecule has 1 aliphatic rings. The molecule has 2 rings (SSSR count). The maximum Gasteiger partial charge on any atom is 0.242 e. The van der Waals surface area contributed by atoms with Crippen LogP contribution < -0.4 is 16.0 Å². The number of anilines is 2. The van der Waals surface area contributed by atoms with Crippen molar-refractivity contribution in [1.29, 1.82) is 0 Å². The maximum absolute atomic E-state index is 11.6. The van der Waals surface area contributed by atoms with Crippen LogP contribution in [0.15, 0.2) is 16.9 Å². The number of piperazine rings is 1. The van der Waals surface area contributed by atoms with Gasteiger partial charge in [-0.2, -0.15) is 0 Å². The van der Waals surface area contributed by atoms with Gasteiger partial charge in [-0.05, 0) is 22.9 Å². The van der Waals surface area contributed by atoms with E-state index < -0.39 is 0 Å². The molecule has 1 aromatic rings. The van der Waals surface area contributed by atoms with Crippen LogP contribution in [0.2, 0.25) is 0 Å². The van der Waals surface area contributed by atoms with Gasteiger partial charge >= 0.3 is 0 Å². The van der Waals surface area contributed by atoms with Crippen molar-refractivity contribution in [1.82, 2.24) is 10.3 Å². The van der Waals surface area contributed by atoms with E-state index >= 15 is 0 Å². The number of aromatic nitrogens is 1. The summed E-state index contributed by atoms with van der Waals surface area (Å²) in [5.74, 6) is 0.0226. The second kappa shape index (κ2) is 4.29. The van der Waals surface area contributed by atoms with Gasteiger partial charge in [0.2, 0.25) is 5.91 Å². The Bertz CT molecular complexity index is 403. The zero-order valence-corrected chi connectivity index (χ0v) is 10.5. The molecule has 0 radical (unpaired) electrons. The average Bonchev–Trinajstić information content (AvgIpc) is 2.24. The second-order valence-corrected chi connectivity index (χ2v) is 4.57. The molecule has 0 saturated carbocycles. The smallest absolute Gasteiger partial charge is 0.242 e. The summed E-state index contributed by atoms with van der Waals surface area (Å²) in [5.41, 5.74) is 7.32. The maximum atomic E-state index is 11.6. The molecule has 3 N–H and O–H groups in total. The number of pyridine rings is 1. The van der Waals surface area contributed by atoms with Crippen LogP contribution in [0.1, 0.15) is 6.92 Å². The lowest BCUT2D eigenvalue weighted by Gasteiger charge is -2.35. The molecular formula is C10H13BrN4O. The summed E-state index contributed by atoms with van der Waals surface area (Å²) in [4.78, 5) is 17.5. The highest BCUT2D eigenvalue weighted by atomic mass is 79.9. The number of nitrogen functional groups attached to an aromatic ring is 1. The third kappa shape index (κ3) is 1.84. The van der Waals surface area contributed by atoms with E-state index in [-0.39, 0.29) is 11.9 Å². The van der Waals surface area contributed by atoms with Crippen molar-refractivity contribution in [3.63, 3.8) is 0 Å². The van der Waals surface area contributed by atoms with Gasteiger partial charge in [0.05, 0.1) is 22.0 Å². The molecule has 0 spiro atoms. The van der Waals surface area contributed by atoms with Crippen molar-refractivity contribution in [3.05, 3.63) is 16.9 Å². The van der Waals surface area contributed by atoms with Gasteiger partial charge in [0.1, 0.15) is 6.04 Å². The number of carbonyl (C=O) groups excluding carboxylic acids is 1. The summed E-state index contributed by atoms with van der Waals surface area (Å²) in [6.07, 6.45) is 3.28. The van der Waals surface area contributed by atoms with Crippen LogP contribution in [0.3, 0.4) is 0 Å². The minimum absolute atomic E-state index is 0.0226. The van der Waals surface area contributed by atoms with Crippen LogP contribution in [0, 0.1) is 0 Å².